The van der Waals surface area contributed by atoms with E-state index in [0.717, 1.165) is 24.9 Å². The van der Waals surface area contributed by atoms with Crippen molar-refractivity contribution in [2.24, 2.45) is 5.92 Å². The van der Waals surface area contributed by atoms with Crippen LogP contribution in [0.1, 0.15) is 39.0 Å². The minimum Gasteiger partial charge on any atom is -0.481 e. The Morgan fingerprint density at radius 3 is 2.45 bits per heavy atom. The van der Waals surface area contributed by atoms with Crippen molar-refractivity contribution < 1.29 is 14.7 Å². The standard InChI is InChI=1S/C16H21NO3/c1-2-15(18)17(12-8-4-3-5-9-12)14-11-7-6-10-13(14)16(19)20/h3-5,8-9,13-14H,2,6-7,10-11H2,1H3,(H,19,20). The van der Waals surface area contributed by atoms with Gasteiger partial charge in [-0.15, -0.1) is 0 Å². The summed E-state index contributed by atoms with van der Waals surface area (Å²) < 4.78 is 0. The number of anilines is 1. The highest BCUT2D eigenvalue weighted by Crippen LogP contribution is 2.32. The highest BCUT2D eigenvalue weighted by Gasteiger charge is 2.37. The molecule has 1 aliphatic carbocycles. The third kappa shape index (κ3) is 3.00. The number of benzene rings is 1. The van der Waals surface area contributed by atoms with Gasteiger partial charge in [0.1, 0.15) is 0 Å². The molecule has 1 aromatic carbocycles. The molecule has 0 aliphatic heterocycles. The quantitative estimate of drug-likeness (QED) is 0.918. The van der Waals surface area contributed by atoms with E-state index in [0.29, 0.717) is 12.8 Å². The third-order valence-corrected chi connectivity index (χ3v) is 3.98. The van der Waals surface area contributed by atoms with Crippen LogP contribution < -0.4 is 4.90 Å². The van der Waals surface area contributed by atoms with Crippen molar-refractivity contribution >= 4 is 17.6 Å². The molecule has 108 valence electrons. The van der Waals surface area contributed by atoms with Gasteiger partial charge in [-0.05, 0) is 25.0 Å². The average Bonchev–Trinajstić information content (AvgIpc) is 2.48. The fourth-order valence-electron chi connectivity index (χ4n) is 2.99. The number of hydrogen-bond donors (Lipinski definition) is 1. The van der Waals surface area contributed by atoms with Crippen LogP contribution in [0.4, 0.5) is 5.69 Å². The van der Waals surface area contributed by atoms with Crippen LogP contribution in [-0.4, -0.2) is 23.0 Å². The molecular weight excluding hydrogens is 254 g/mol. The maximum atomic E-state index is 12.3. The zero-order valence-electron chi connectivity index (χ0n) is 11.8. The van der Waals surface area contributed by atoms with Crippen molar-refractivity contribution in [2.75, 3.05) is 4.90 Å². The van der Waals surface area contributed by atoms with E-state index in [9.17, 15) is 14.7 Å². The SMILES string of the molecule is CCC(=O)N(c1ccccc1)C1CCCCC1C(=O)O. The highest BCUT2D eigenvalue weighted by atomic mass is 16.4. The number of carbonyl (C=O) groups excluding carboxylic acids is 1. The predicted octanol–water partition coefficient (Wildman–Crippen LogP) is 3.07. The van der Waals surface area contributed by atoms with Gasteiger partial charge in [0, 0.05) is 12.1 Å². The van der Waals surface area contributed by atoms with Crippen molar-refractivity contribution in [3.05, 3.63) is 30.3 Å². The summed E-state index contributed by atoms with van der Waals surface area (Å²) in [6.45, 7) is 1.82. The Morgan fingerprint density at radius 2 is 1.85 bits per heavy atom. The van der Waals surface area contributed by atoms with Crippen molar-refractivity contribution in [1.82, 2.24) is 0 Å². The van der Waals surface area contributed by atoms with E-state index in [1.54, 1.807) is 4.90 Å². The molecule has 0 bridgehead atoms. The molecule has 1 amide bonds. The van der Waals surface area contributed by atoms with E-state index in [2.05, 4.69) is 0 Å². The molecule has 1 saturated carbocycles. The molecule has 20 heavy (non-hydrogen) atoms. The molecule has 4 nitrogen and oxygen atoms in total. The summed E-state index contributed by atoms with van der Waals surface area (Å²) in [5.41, 5.74) is 0.803. The molecule has 1 aromatic rings. The van der Waals surface area contributed by atoms with Gasteiger partial charge in [0.05, 0.1) is 12.0 Å². The van der Waals surface area contributed by atoms with Crippen LogP contribution in [-0.2, 0) is 9.59 Å². The van der Waals surface area contributed by atoms with Gasteiger partial charge in [0.15, 0.2) is 0 Å². The summed E-state index contributed by atoms with van der Waals surface area (Å²) in [5.74, 6) is -1.26. The Morgan fingerprint density at radius 1 is 1.20 bits per heavy atom. The smallest absolute Gasteiger partial charge is 0.308 e. The van der Waals surface area contributed by atoms with Crippen molar-refractivity contribution in [1.29, 1.82) is 0 Å². The number of carbonyl (C=O) groups is 2. The number of carboxylic acid groups (broad SMARTS) is 1. The van der Waals surface area contributed by atoms with Crippen LogP contribution in [0.25, 0.3) is 0 Å². The molecule has 1 N–H and O–H groups in total. The monoisotopic (exact) mass is 275 g/mol. The predicted molar refractivity (Wildman–Crippen MR) is 77.6 cm³/mol. The first-order valence-corrected chi connectivity index (χ1v) is 7.25. The van der Waals surface area contributed by atoms with Gasteiger partial charge >= 0.3 is 5.97 Å². The van der Waals surface area contributed by atoms with Crippen molar-refractivity contribution in [2.45, 2.75) is 45.1 Å². The molecule has 0 aromatic heterocycles. The van der Waals surface area contributed by atoms with Gasteiger partial charge in [-0.3, -0.25) is 9.59 Å². The van der Waals surface area contributed by atoms with Crippen LogP contribution in [0.15, 0.2) is 30.3 Å². The number of nitrogens with zero attached hydrogens (tertiary/aromatic N) is 1. The van der Waals surface area contributed by atoms with E-state index in [-0.39, 0.29) is 11.9 Å². The maximum Gasteiger partial charge on any atom is 0.308 e. The largest absolute Gasteiger partial charge is 0.481 e. The summed E-state index contributed by atoms with van der Waals surface area (Å²) in [4.78, 5) is 25.5. The minimum absolute atomic E-state index is 0.00523. The van der Waals surface area contributed by atoms with E-state index < -0.39 is 11.9 Å². The number of rotatable bonds is 4. The number of hydrogen-bond acceptors (Lipinski definition) is 2. The lowest BCUT2D eigenvalue weighted by atomic mass is 9.83. The molecular formula is C16H21NO3. The molecule has 0 saturated heterocycles. The number of amides is 1. The average molecular weight is 275 g/mol. The summed E-state index contributed by atoms with van der Waals surface area (Å²) in [6.07, 6.45) is 3.71. The lowest BCUT2D eigenvalue weighted by Gasteiger charge is -2.38. The van der Waals surface area contributed by atoms with E-state index >= 15 is 0 Å². The summed E-state index contributed by atoms with van der Waals surface area (Å²) >= 11 is 0. The second-order valence-corrected chi connectivity index (χ2v) is 5.25. The Hall–Kier alpha value is -1.84. The van der Waals surface area contributed by atoms with Gasteiger partial charge in [-0.1, -0.05) is 38.0 Å². The molecule has 0 spiro atoms. The summed E-state index contributed by atoms with van der Waals surface area (Å²) in [5, 5.41) is 9.42. The second kappa shape index (κ2) is 6.55. The Bertz CT molecular complexity index is 472. The molecule has 0 radical (unpaired) electrons. The van der Waals surface area contributed by atoms with Gasteiger partial charge < -0.3 is 10.0 Å². The lowest BCUT2D eigenvalue weighted by molar-refractivity contribution is -0.143. The van der Waals surface area contributed by atoms with Crippen LogP contribution in [0, 0.1) is 5.92 Å². The highest BCUT2D eigenvalue weighted by molar-refractivity contribution is 5.94. The lowest BCUT2D eigenvalue weighted by Crippen LogP contribution is -2.48. The zero-order chi connectivity index (χ0) is 14.5. The van der Waals surface area contributed by atoms with Crippen molar-refractivity contribution in [3.63, 3.8) is 0 Å². The fourth-order valence-corrected chi connectivity index (χ4v) is 2.99. The summed E-state index contributed by atoms with van der Waals surface area (Å²) in [6, 6.07) is 9.18. The third-order valence-electron chi connectivity index (χ3n) is 3.98. The molecule has 2 atom stereocenters. The van der Waals surface area contributed by atoms with Crippen LogP contribution in [0.3, 0.4) is 0 Å². The zero-order valence-corrected chi connectivity index (χ0v) is 11.8. The molecule has 2 rings (SSSR count). The first-order chi connectivity index (χ1) is 9.65. The molecule has 1 aliphatic rings. The maximum absolute atomic E-state index is 12.3. The Labute approximate surface area is 119 Å². The summed E-state index contributed by atoms with van der Waals surface area (Å²) in [7, 11) is 0. The number of carboxylic acids is 1. The first-order valence-electron chi connectivity index (χ1n) is 7.25. The fraction of sp³-hybridized carbons (Fsp3) is 0.500. The van der Waals surface area contributed by atoms with E-state index in [4.69, 9.17) is 0 Å². The van der Waals surface area contributed by atoms with Gasteiger partial charge in [0.25, 0.3) is 0 Å². The minimum atomic E-state index is -0.792. The van der Waals surface area contributed by atoms with Crippen LogP contribution in [0.2, 0.25) is 0 Å². The topological polar surface area (TPSA) is 57.6 Å². The number of para-hydroxylation sites is 1. The van der Waals surface area contributed by atoms with Gasteiger partial charge in [0.2, 0.25) is 5.91 Å². The van der Waals surface area contributed by atoms with E-state index in [1.165, 1.54) is 0 Å². The van der Waals surface area contributed by atoms with Crippen molar-refractivity contribution in [3.8, 4) is 0 Å². The molecule has 1 fully saturated rings. The van der Waals surface area contributed by atoms with Crippen LogP contribution in [0.5, 0.6) is 0 Å². The van der Waals surface area contributed by atoms with E-state index in [1.807, 2.05) is 37.3 Å². The van der Waals surface area contributed by atoms with Gasteiger partial charge in [-0.2, -0.15) is 0 Å². The second-order valence-electron chi connectivity index (χ2n) is 5.25. The normalized spacial score (nSPS) is 22.2. The Kier molecular flexibility index (Phi) is 4.77. The molecule has 4 heteroatoms. The Balaban J connectivity index is 2.35. The number of aliphatic carboxylic acids is 1. The van der Waals surface area contributed by atoms with Crippen LogP contribution >= 0.6 is 0 Å². The molecule has 2 unspecified atom stereocenters. The first kappa shape index (κ1) is 14.6. The van der Waals surface area contributed by atoms with Gasteiger partial charge in [-0.25, -0.2) is 0 Å². The molecule has 0 heterocycles.